The maximum atomic E-state index is 13.1. The molecule has 16 nitrogen and oxygen atoms in total. The van der Waals surface area contributed by atoms with Gasteiger partial charge in [-0.1, -0.05) is 30.3 Å². The predicted molar refractivity (Wildman–Crippen MR) is 189 cm³/mol. The molecule has 2 aliphatic heterocycles. The summed E-state index contributed by atoms with van der Waals surface area (Å²) in [6.45, 7) is 0. The molecule has 52 heavy (non-hydrogen) atoms. The molecule has 2 aliphatic rings. The van der Waals surface area contributed by atoms with E-state index < -0.39 is 71.2 Å². The summed E-state index contributed by atoms with van der Waals surface area (Å²) in [5, 5.41) is 0. The van der Waals surface area contributed by atoms with Crippen molar-refractivity contribution in [2.24, 2.45) is 0 Å². The lowest BCUT2D eigenvalue weighted by atomic mass is 10.0. The summed E-state index contributed by atoms with van der Waals surface area (Å²) in [6, 6.07) is 18.9. The second-order valence-corrected chi connectivity index (χ2v) is 16.8. The van der Waals surface area contributed by atoms with Crippen molar-refractivity contribution >= 4 is 86.8 Å². The van der Waals surface area contributed by atoms with Gasteiger partial charge in [0.2, 0.25) is 0 Å². The van der Waals surface area contributed by atoms with Crippen molar-refractivity contribution in [2.75, 3.05) is 0 Å². The first kappa shape index (κ1) is 35.1. The van der Waals surface area contributed by atoms with Gasteiger partial charge in [-0.15, -0.1) is 0 Å². The van der Waals surface area contributed by atoms with Crippen molar-refractivity contribution in [3.05, 3.63) is 95.6 Å². The Morgan fingerprint density at radius 3 is 1.48 bits per heavy atom. The van der Waals surface area contributed by atoms with Crippen molar-refractivity contribution in [1.82, 2.24) is 19.9 Å². The molecule has 0 radical (unpaired) electrons. The molecule has 0 saturated heterocycles. The van der Waals surface area contributed by atoms with Crippen molar-refractivity contribution in [2.45, 2.75) is 19.6 Å². The predicted octanol–water partition coefficient (Wildman–Crippen LogP) is 4.98. The average molecular weight is 783 g/mol. The second kappa shape index (κ2) is 12.1. The Morgan fingerprint density at radius 2 is 0.981 bits per heavy atom. The lowest BCUT2D eigenvalue weighted by Crippen LogP contribution is -2.19. The van der Waals surface area contributed by atoms with Gasteiger partial charge in [0.1, 0.15) is 19.6 Å². The number of H-pyrrole nitrogens is 2. The van der Waals surface area contributed by atoms with E-state index >= 15 is 0 Å². The van der Waals surface area contributed by atoms with E-state index in [1.165, 1.54) is 24.3 Å². The third kappa shape index (κ3) is 6.48. The molecule has 0 atom stereocenters. The minimum atomic E-state index is -6.16. The quantitative estimate of drug-likeness (QED) is 0.122. The van der Waals surface area contributed by atoms with E-state index in [0.717, 1.165) is 0 Å². The molecule has 5 aromatic rings. The maximum Gasteiger partial charge on any atom is 0.297 e. The topological polar surface area (TPSA) is 275 Å². The highest BCUT2D eigenvalue weighted by atomic mass is 32.2. The number of benzene rings is 2. The maximum absolute atomic E-state index is 13.1. The van der Waals surface area contributed by atoms with Gasteiger partial charge in [0, 0.05) is 38.8 Å². The Morgan fingerprint density at radius 1 is 0.481 bits per heavy atom. The lowest BCUT2D eigenvalue weighted by Gasteiger charge is -2.17. The van der Waals surface area contributed by atoms with Crippen molar-refractivity contribution in [1.29, 1.82) is 0 Å². The minimum absolute atomic E-state index is 0.100. The van der Waals surface area contributed by atoms with Crippen LogP contribution in [0, 0.1) is 0 Å². The molecule has 20 heteroatoms. The fraction of sp³-hybridized carbons (Fsp3) is 0. The van der Waals surface area contributed by atoms with Gasteiger partial charge in [-0.3, -0.25) is 18.2 Å². The lowest BCUT2D eigenvalue weighted by molar-refractivity contribution is 0.447. The zero-order valence-electron chi connectivity index (χ0n) is 25.8. The third-order valence-corrected chi connectivity index (χ3v) is 12.0. The fourth-order valence-corrected chi connectivity index (χ4v) is 10.7. The van der Waals surface area contributed by atoms with Gasteiger partial charge in [0.15, 0.2) is 0 Å². The fourth-order valence-electron chi connectivity index (χ4n) is 5.98. The molecular weight excluding hydrogens is 761 g/mol. The molecule has 0 saturated carbocycles. The monoisotopic (exact) mass is 782 g/mol. The van der Waals surface area contributed by atoms with Crippen molar-refractivity contribution in [3.8, 4) is 22.3 Å². The summed E-state index contributed by atoms with van der Waals surface area (Å²) >= 11 is 0. The molecule has 7 rings (SSSR count). The number of hydrogen-bond acceptors (Lipinski definition) is 10. The summed E-state index contributed by atoms with van der Waals surface area (Å²) in [5.41, 5.74) is 2.24. The standard InChI is InChI=1S/C32H22N4O12S4/c37-49(38,39)27-16-22(30(50(40,41)42)32(52(46,47)48)31(27)51(43,44)45)29-25-11-9-21(35-25)15-19-7-6-18(33-19)14-20-8-10-23(34-20)28(17-4-2-1-3-5-17)24-12-13-26(29)36-24/h1-16,34-35H,(H,37,38,39)(H,40,41,42)(H,43,44,45)(H,46,47,48). The van der Waals surface area contributed by atoms with E-state index in [2.05, 4.69) is 15.0 Å². The van der Waals surface area contributed by atoms with Crippen LogP contribution in [-0.4, -0.2) is 71.8 Å². The van der Waals surface area contributed by atoms with Gasteiger partial charge in [-0.25, -0.2) is 9.97 Å². The first-order chi connectivity index (χ1) is 24.3. The van der Waals surface area contributed by atoms with Gasteiger partial charge in [0.25, 0.3) is 40.5 Å². The summed E-state index contributed by atoms with van der Waals surface area (Å²) in [7, 11) is -24.0. The van der Waals surface area contributed by atoms with Gasteiger partial charge < -0.3 is 9.97 Å². The third-order valence-electron chi connectivity index (χ3n) is 7.94. The molecule has 0 fully saturated rings. The van der Waals surface area contributed by atoms with Crippen LogP contribution in [0.4, 0.5) is 0 Å². The van der Waals surface area contributed by atoms with Gasteiger partial charge in [0.05, 0.1) is 22.8 Å². The molecule has 0 spiro atoms. The van der Waals surface area contributed by atoms with Crippen LogP contribution in [0.2, 0.25) is 0 Å². The van der Waals surface area contributed by atoms with E-state index in [1.54, 1.807) is 60.7 Å². The van der Waals surface area contributed by atoms with Crippen LogP contribution in [0.1, 0.15) is 22.8 Å². The Labute approximate surface area is 294 Å². The number of aromatic amines is 2. The van der Waals surface area contributed by atoms with Crippen LogP contribution in [0.5, 0.6) is 0 Å². The summed E-state index contributed by atoms with van der Waals surface area (Å²) < 4.78 is 142. The SMILES string of the molecule is O=S(=O)(O)c1cc(-c2c3nc(c(-c4ccccc4)c4ccc(cc5nc(cc6ccc2[nH]6)C=C5)[nH]4)C=C3)c(S(=O)(=O)O)c(S(=O)(=O)O)c1S(=O)(=O)O. The number of aromatic nitrogens is 4. The number of nitrogens with one attached hydrogen (secondary N) is 2. The highest BCUT2D eigenvalue weighted by molar-refractivity contribution is 7.91. The number of hydrogen-bond donors (Lipinski definition) is 6. The number of rotatable bonds is 6. The minimum Gasteiger partial charge on any atom is -0.355 e. The second-order valence-electron chi connectivity index (χ2n) is 11.4. The van der Waals surface area contributed by atoms with Crippen LogP contribution in [0.3, 0.4) is 0 Å². The number of fused-ring (bicyclic) bond motifs is 8. The zero-order valence-corrected chi connectivity index (χ0v) is 29.1. The largest absolute Gasteiger partial charge is 0.355 e. The molecule has 2 aromatic carbocycles. The van der Waals surface area contributed by atoms with Crippen molar-refractivity contribution < 1.29 is 51.9 Å². The summed E-state index contributed by atoms with van der Waals surface area (Å²) in [5.74, 6) is 0. The van der Waals surface area contributed by atoms with Gasteiger partial charge in [-0.05, 0) is 72.3 Å². The molecule has 0 amide bonds. The molecule has 8 bridgehead atoms. The average Bonchev–Trinajstić information content (AvgIpc) is 3.86. The van der Waals surface area contributed by atoms with E-state index in [9.17, 15) is 51.9 Å². The van der Waals surface area contributed by atoms with E-state index in [4.69, 9.17) is 4.98 Å². The first-order valence-electron chi connectivity index (χ1n) is 14.6. The Kier molecular flexibility index (Phi) is 8.19. The Bertz CT molecular complexity index is 3060. The Hall–Kier alpha value is -5.32. The smallest absolute Gasteiger partial charge is 0.297 e. The van der Waals surface area contributed by atoms with E-state index in [0.29, 0.717) is 39.1 Å². The van der Waals surface area contributed by atoms with Crippen LogP contribution in [0.25, 0.3) is 68.6 Å². The van der Waals surface area contributed by atoms with E-state index in [-0.39, 0.29) is 23.0 Å². The molecule has 6 N–H and O–H groups in total. The van der Waals surface area contributed by atoms with E-state index in [1.807, 2.05) is 6.07 Å². The van der Waals surface area contributed by atoms with Crippen LogP contribution < -0.4 is 0 Å². The van der Waals surface area contributed by atoms with Gasteiger partial charge in [-0.2, -0.15) is 33.7 Å². The highest BCUT2D eigenvalue weighted by Gasteiger charge is 2.41. The van der Waals surface area contributed by atoms with Gasteiger partial charge >= 0.3 is 0 Å². The molecule has 0 aliphatic carbocycles. The number of nitrogens with zero attached hydrogens (tertiary/aromatic N) is 2. The zero-order chi connectivity index (χ0) is 37.4. The summed E-state index contributed by atoms with van der Waals surface area (Å²) in [4.78, 5) is 7.38. The molecule has 266 valence electrons. The first-order valence-corrected chi connectivity index (χ1v) is 20.3. The molecule has 3 aromatic heterocycles. The molecule has 5 heterocycles. The molecular formula is C32H22N4O12S4. The van der Waals surface area contributed by atoms with Crippen LogP contribution in [0.15, 0.2) is 92.4 Å². The Balaban J connectivity index is 1.77. The normalized spacial score (nSPS) is 13.5. The highest BCUT2D eigenvalue weighted by Crippen LogP contribution is 2.43. The van der Waals surface area contributed by atoms with Crippen LogP contribution in [-0.2, 0) is 40.5 Å². The summed E-state index contributed by atoms with van der Waals surface area (Å²) in [6.07, 6.45) is 6.31. The van der Waals surface area contributed by atoms with Crippen molar-refractivity contribution in [3.63, 3.8) is 0 Å². The molecule has 0 unspecified atom stereocenters. The van der Waals surface area contributed by atoms with Crippen LogP contribution >= 0.6 is 0 Å².